The number of methoxy groups -OCH3 is 1. The number of pyridine rings is 1. The molecule has 2 heterocycles. The molecular formula is C14H22N6O3S. The van der Waals surface area contributed by atoms with Crippen LogP contribution >= 0.6 is 0 Å². The highest BCUT2D eigenvalue weighted by molar-refractivity contribution is 7.87. The van der Waals surface area contributed by atoms with E-state index in [-0.39, 0.29) is 11.5 Å². The third-order valence-corrected chi connectivity index (χ3v) is 5.30. The smallest absolute Gasteiger partial charge is 0.274 e. The van der Waals surface area contributed by atoms with Gasteiger partial charge < -0.3 is 21.1 Å². The molecule has 0 atom stereocenters. The first-order valence-electron chi connectivity index (χ1n) is 7.52. The van der Waals surface area contributed by atoms with Crippen LogP contribution < -0.4 is 26.1 Å². The van der Waals surface area contributed by atoms with E-state index in [1.807, 2.05) is 0 Å². The summed E-state index contributed by atoms with van der Waals surface area (Å²) in [6, 6.07) is 1.57. The number of hydrogen-bond donors (Lipinski definition) is 4. The van der Waals surface area contributed by atoms with Gasteiger partial charge in [-0.1, -0.05) is 0 Å². The average Bonchev–Trinajstić information content (AvgIpc) is 2.42. The summed E-state index contributed by atoms with van der Waals surface area (Å²) in [5, 5.41) is 5.00. The molecule has 132 valence electrons. The van der Waals surface area contributed by atoms with E-state index in [4.69, 9.17) is 21.3 Å². The van der Waals surface area contributed by atoms with Crippen LogP contribution in [0.15, 0.2) is 18.5 Å². The van der Waals surface area contributed by atoms with Gasteiger partial charge in [0.05, 0.1) is 12.8 Å². The highest BCUT2D eigenvalue weighted by Crippen LogP contribution is 2.50. The first-order chi connectivity index (χ1) is 11.3. The van der Waals surface area contributed by atoms with Crippen molar-refractivity contribution in [2.75, 3.05) is 25.9 Å². The molecule has 3 rings (SSSR count). The summed E-state index contributed by atoms with van der Waals surface area (Å²) in [6.45, 7) is 1.59. The van der Waals surface area contributed by atoms with Crippen molar-refractivity contribution in [1.29, 1.82) is 0 Å². The molecule has 0 bridgehead atoms. The van der Waals surface area contributed by atoms with E-state index in [9.17, 15) is 8.42 Å². The van der Waals surface area contributed by atoms with Gasteiger partial charge in [-0.3, -0.25) is 0 Å². The molecule has 0 aromatic carbocycles. The van der Waals surface area contributed by atoms with Crippen LogP contribution in [0.1, 0.15) is 18.4 Å². The fourth-order valence-electron chi connectivity index (χ4n) is 3.64. The maximum atomic E-state index is 11.0. The summed E-state index contributed by atoms with van der Waals surface area (Å²) in [7, 11) is -2.11. The first-order valence-corrected chi connectivity index (χ1v) is 9.07. The van der Waals surface area contributed by atoms with Gasteiger partial charge in [-0.05, 0) is 12.8 Å². The third-order valence-electron chi connectivity index (χ3n) is 4.64. The number of aromatic nitrogens is 1. The summed E-state index contributed by atoms with van der Waals surface area (Å²) in [4.78, 5) is 6.29. The minimum absolute atomic E-state index is 0.0832. The number of nitrogen functional groups attached to an aromatic ring is 1. The third kappa shape index (κ3) is 3.12. The van der Waals surface area contributed by atoms with Gasteiger partial charge in [0.15, 0.2) is 0 Å². The van der Waals surface area contributed by atoms with Gasteiger partial charge in [0.1, 0.15) is 0 Å². The van der Waals surface area contributed by atoms with E-state index in [0.29, 0.717) is 11.6 Å². The minimum atomic E-state index is -3.64. The van der Waals surface area contributed by atoms with Crippen molar-refractivity contribution in [1.82, 2.24) is 14.6 Å². The number of hydrogen-bond acceptors (Lipinski definition) is 7. The zero-order valence-electron chi connectivity index (χ0n) is 13.4. The zero-order chi connectivity index (χ0) is 17.5. The summed E-state index contributed by atoms with van der Waals surface area (Å²) >= 11 is 0. The molecule has 1 aliphatic carbocycles. The molecule has 9 nitrogen and oxygen atoms in total. The van der Waals surface area contributed by atoms with E-state index >= 15 is 0 Å². The Morgan fingerprint density at radius 1 is 1.50 bits per heavy atom. The predicted octanol–water partition coefficient (Wildman–Crippen LogP) is -0.813. The molecule has 1 spiro atoms. The number of anilines is 1. The van der Waals surface area contributed by atoms with Crippen LogP contribution in [0.2, 0.25) is 0 Å². The second-order valence-electron chi connectivity index (χ2n) is 6.49. The van der Waals surface area contributed by atoms with Gasteiger partial charge in [0, 0.05) is 54.3 Å². The molecule has 1 saturated heterocycles. The second-order valence-corrected chi connectivity index (χ2v) is 7.82. The van der Waals surface area contributed by atoms with Crippen molar-refractivity contribution in [2.24, 2.45) is 16.3 Å². The van der Waals surface area contributed by atoms with Crippen LogP contribution in [0, 0.1) is 5.41 Å². The number of nitrogens with zero attached hydrogens (tertiary/aromatic N) is 2. The average molecular weight is 354 g/mol. The van der Waals surface area contributed by atoms with Crippen LogP contribution in [-0.4, -0.2) is 44.5 Å². The SMILES string of the molecule is COc1cc(N)c(/C(=C\N)N2CC3(CC(NS(N)(=O)=O)C3)C2)cn1. The number of rotatable bonds is 5. The van der Waals surface area contributed by atoms with Gasteiger partial charge in [-0.15, -0.1) is 0 Å². The maximum Gasteiger partial charge on any atom is 0.274 e. The van der Waals surface area contributed by atoms with E-state index in [1.165, 1.54) is 13.3 Å². The molecule has 1 aromatic heterocycles. The van der Waals surface area contributed by atoms with Gasteiger partial charge in [-0.25, -0.2) is 10.1 Å². The van der Waals surface area contributed by atoms with Crippen molar-refractivity contribution >= 4 is 21.6 Å². The lowest BCUT2D eigenvalue weighted by molar-refractivity contribution is -0.0414. The van der Waals surface area contributed by atoms with Gasteiger partial charge in [-0.2, -0.15) is 13.1 Å². The molecule has 0 amide bonds. The summed E-state index contributed by atoms with van der Waals surface area (Å²) in [6.07, 6.45) is 4.71. The Morgan fingerprint density at radius 2 is 2.17 bits per heavy atom. The molecule has 2 fully saturated rings. The van der Waals surface area contributed by atoms with E-state index < -0.39 is 10.2 Å². The van der Waals surface area contributed by atoms with Crippen molar-refractivity contribution in [3.8, 4) is 5.88 Å². The van der Waals surface area contributed by atoms with Crippen molar-refractivity contribution < 1.29 is 13.2 Å². The van der Waals surface area contributed by atoms with Crippen LogP contribution in [0.5, 0.6) is 5.88 Å². The molecule has 1 saturated carbocycles. The van der Waals surface area contributed by atoms with E-state index in [0.717, 1.165) is 37.2 Å². The summed E-state index contributed by atoms with van der Waals surface area (Å²) in [5.41, 5.74) is 14.1. The van der Waals surface area contributed by atoms with Crippen molar-refractivity contribution in [3.63, 3.8) is 0 Å². The van der Waals surface area contributed by atoms with Crippen LogP contribution in [0.3, 0.4) is 0 Å². The molecule has 2 aliphatic rings. The van der Waals surface area contributed by atoms with Gasteiger partial charge >= 0.3 is 0 Å². The number of nitrogens with one attached hydrogen (secondary N) is 1. The molecule has 1 aromatic rings. The van der Waals surface area contributed by atoms with Crippen LogP contribution in [0.4, 0.5) is 5.69 Å². The molecular weight excluding hydrogens is 332 g/mol. The lowest BCUT2D eigenvalue weighted by Crippen LogP contribution is -2.66. The Bertz CT molecular complexity index is 765. The lowest BCUT2D eigenvalue weighted by atomic mass is 9.61. The quantitative estimate of drug-likeness (QED) is 0.540. The lowest BCUT2D eigenvalue weighted by Gasteiger charge is -2.60. The monoisotopic (exact) mass is 354 g/mol. The molecule has 7 N–H and O–H groups in total. The van der Waals surface area contributed by atoms with E-state index in [2.05, 4.69) is 14.6 Å². The molecule has 10 heteroatoms. The Balaban J connectivity index is 1.63. The van der Waals surface area contributed by atoms with Crippen LogP contribution in [-0.2, 0) is 10.2 Å². The van der Waals surface area contributed by atoms with Crippen LogP contribution in [0.25, 0.3) is 5.70 Å². The Morgan fingerprint density at radius 3 is 2.67 bits per heavy atom. The fourth-order valence-corrected chi connectivity index (χ4v) is 4.27. The highest BCUT2D eigenvalue weighted by Gasteiger charge is 2.53. The zero-order valence-corrected chi connectivity index (χ0v) is 14.2. The van der Waals surface area contributed by atoms with Crippen molar-refractivity contribution in [3.05, 3.63) is 24.0 Å². The summed E-state index contributed by atoms with van der Waals surface area (Å²) in [5.74, 6) is 0.448. The molecule has 1 aliphatic heterocycles. The first kappa shape index (κ1) is 16.8. The largest absolute Gasteiger partial charge is 0.481 e. The van der Waals surface area contributed by atoms with Gasteiger partial charge in [0.2, 0.25) is 5.88 Å². The van der Waals surface area contributed by atoms with Crippen molar-refractivity contribution in [2.45, 2.75) is 18.9 Å². The normalized spacial score (nSPS) is 20.6. The van der Waals surface area contributed by atoms with E-state index in [1.54, 1.807) is 12.3 Å². The standard InChI is InChI=1S/C14H22N6O3S/c1-23-13-2-11(16)10(6-18-13)12(5-15)20-7-14(8-20)3-9(4-14)19-24(17,21)22/h2,5-6,9,19H,3-4,7-8,15H2,1H3,(H2,16,18)(H2,17,21,22)/b12-5+. The predicted molar refractivity (Wildman–Crippen MR) is 90.6 cm³/mol. The fraction of sp³-hybridized carbons (Fsp3) is 0.500. The Labute approximate surface area is 141 Å². The Kier molecular flexibility index (Phi) is 4.06. The molecule has 0 unspecified atom stereocenters. The number of likely N-dealkylation sites (tertiary alicyclic amines) is 1. The Hall–Kier alpha value is -2.04. The van der Waals surface area contributed by atoms with Gasteiger partial charge in [0.25, 0.3) is 10.2 Å². The maximum absolute atomic E-state index is 11.0. The topological polar surface area (TPSA) is 150 Å². The molecule has 24 heavy (non-hydrogen) atoms. The number of nitrogens with two attached hydrogens (primary N) is 3. The highest BCUT2D eigenvalue weighted by atomic mass is 32.2. The number of ether oxygens (including phenoxy) is 1. The second kappa shape index (κ2) is 5.80. The summed E-state index contributed by atoms with van der Waals surface area (Å²) < 4.78 is 29.6. The minimum Gasteiger partial charge on any atom is -0.481 e. The molecule has 0 radical (unpaired) electrons.